The molecule has 0 spiro atoms. The third kappa shape index (κ3) is 5.55. The molecule has 1 aromatic carbocycles. The maximum Gasteiger partial charge on any atom is 0.417 e. The van der Waals surface area contributed by atoms with Crippen LogP contribution in [-0.2, 0) is 6.18 Å². The molecule has 2 bridgehead atoms. The van der Waals surface area contributed by atoms with Gasteiger partial charge in [0, 0.05) is 64.9 Å². The molecule has 16 heteroatoms. The number of nitriles is 1. The Labute approximate surface area is 275 Å². The van der Waals surface area contributed by atoms with Crippen LogP contribution in [-0.4, -0.2) is 78.2 Å². The molecule has 3 aliphatic rings. The Bertz CT molecular complexity index is 1930. The topological polar surface area (TPSA) is 116 Å². The van der Waals surface area contributed by atoms with Gasteiger partial charge in [0.1, 0.15) is 28.1 Å². The van der Waals surface area contributed by atoms with Crippen molar-refractivity contribution in [2.45, 2.75) is 50.9 Å². The molecule has 0 unspecified atom stereocenters. The average molecular weight is 691 g/mol. The summed E-state index contributed by atoms with van der Waals surface area (Å²) in [5.41, 5.74) is 1.99. The molecule has 7 rings (SSSR count). The van der Waals surface area contributed by atoms with E-state index >= 15 is 4.39 Å². The summed E-state index contributed by atoms with van der Waals surface area (Å²) in [6.07, 6.45) is -4.15. The predicted octanol–water partition coefficient (Wildman–Crippen LogP) is 6.06. The lowest BCUT2D eigenvalue weighted by atomic mass is 9.73. The van der Waals surface area contributed by atoms with Gasteiger partial charge in [-0.05, 0) is 45.0 Å². The van der Waals surface area contributed by atoms with Gasteiger partial charge in [0.25, 0.3) is 0 Å². The number of nitrogens with one attached hydrogen (secondary N) is 1. The first-order valence-electron chi connectivity index (χ1n) is 15.6. The van der Waals surface area contributed by atoms with Gasteiger partial charge in [-0.2, -0.15) is 28.4 Å². The number of nitrogen functional groups attached to an aromatic ring is 1. The molecule has 4 aromatic rings. The number of piperidine rings is 1. The molecule has 3 aliphatic heterocycles. The van der Waals surface area contributed by atoms with Crippen LogP contribution in [0.4, 0.5) is 37.2 Å². The summed E-state index contributed by atoms with van der Waals surface area (Å²) in [5, 5.41) is 13.3. The molecular weight excluding hydrogens is 658 g/mol. The summed E-state index contributed by atoms with van der Waals surface area (Å²) >= 11 is 0.915. The summed E-state index contributed by atoms with van der Waals surface area (Å²) in [5.74, 6) is -1.84. The molecule has 254 valence electrons. The maximum atomic E-state index is 16.9. The third-order valence-electron chi connectivity index (χ3n) is 9.88. The number of fused-ring (bicyclic) bond motifs is 4. The Balaban J connectivity index is 1.40. The van der Waals surface area contributed by atoms with Gasteiger partial charge >= 0.3 is 12.2 Å². The van der Waals surface area contributed by atoms with Gasteiger partial charge in [-0.25, -0.2) is 13.2 Å². The molecule has 3 N–H and O–H groups in total. The number of nitrogens with zero attached hydrogens (tertiary/aromatic N) is 6. The van der Waals surface area contributed by atoms with Gasteiger partial charge in [-0.15, -0.1) is 11.3 Å². The van der Waals surface area contributed by atoms with Crippen molar-refractivity contribution in [3.05, 3.63) is 35.3 Å². The molecule has 48 heavy (non-hydrogen) atoms. The predicted molar refractivity (Wildman–Crippen MR) is 170 cm³/mol. The Morgan fingerprint density at radius 3 is 2.58 bits per heavy atom. The number of likely N-dealkylation sites (tertiary alicyclic amines) is 1. The molecular formula is C32H32F6N8OS. The van der Waals surface area contributed by atoms with Crippen molar-refractivity contribution < 1.29 is 31.1 Å². The molecule has 0 amide bonds. The average Bonchev–Trinajstić information content (AvgIpc) is 3.54. The molecule has 3 fully saturated rings. The van der Waals surface area contributed by atoms with E-state index in [-0.39, 0.29) is 68.5 Å². The number of anilines is 2. The number of hydrogen-bond donors (Lipinski definition) is 2. The van der Waals surface area contributed by atoms with E-state index in [1.165, 1.54) is 12.3 Å². The second kappa shape index (κ2) is 11.9. The number of nitrogens with two attached hydrogens (primary N) is 1. The number of ether oxygens (including phenoxy) is 1. The van der Waals surface area contributed by atoms with E-state index in [0.29, 0.717) is 26.2 Å². The van der Waals surface area contributed by atoms with E-state index in [0.717, 1.165) is 30.2 Å². The molecule has 3 aromatic heterocycles. The first-order valence-corrected chi connectivity index (χ1v) is 16.4. The summed E-state index contributed by atoms with van der Waals surface area (Å²) < 4.78 is 94.7. The maximum absolute atomic E-state index is 16.9. The van der Waals surface area contributed by atoms with E-state index < -0.39 is 46.6 Å². The summed E-state index contributed by atoms with van der Waals surface area (Å²) in [7, 11) is 1.84. The van der Waals surface area contributed by atoms with Crippen molar-refractivity contribution in [3.8, 4) is 23.3 Å². The lowest BCUT2D eigenvalue weighted by Crippen LogP contribution is -2.51. The van der Waals surface area contributed by atoms with Gasteiger partial charge in [-0.1, -0.05) is 6.92 Å². The Kier molecular flexibility index (Phi) is 8.07. The molecule has 9 nitrogen and oxygen atoms in total. The van der Waals surface area contributed by atoms with Crippen molar-refractivity contribution >= 4 is 43.1 Å². The zero-order valence-electron chi connectivity index (χ0n) is 26.0. The minimum atomic E-state index is -4.93. The fourth-order valence-corrected chi connectivity index (χ4v) is 8.54. The minimum Gasteiger partial charge on any atom is -0.463 e. The van der Waals surface area contributed by atoms with Crippen LogP contribution in [0.3, 0.4) is 0 Å². The highest BCUT2D eigenvalue weighted by molar-refractivity contribution is 7.23. The molecule has 4 atom stereocenters. The van der Waals surface area contributed by atoms with Crippen molar-refractivity contribution in [2.75, 3.05) is 50.5 Å². The monoisotopic (exact) mass is 690 g/mol. The zero-order chi connectivity index (χ0) is 34.1. The normalized spacial score (nSPS) is 24.9. The standard InChI is InChI=1S/C32H32F6N8OS/c1-31(13-45(2)8-7-20(31)27(34)35)14-47-30-43-25-18(29(44-30)46-11-15-3-4-16(12-46)42-15)10-41-26(24(25)33)23-19(32(36,37)38)5-6-21-22(23)17(9-39)28(40)48-21/h5-6,10,15-16,20,27,42H,3-4,7-8,11-14,40H2,1-2H3/t15-,16+,20-,31+/m1/s1. The first-order chi connectivity index (χ1) is 22.8. The first kappa shape index (κ1) is 32.6. The van der Waals surface area contributed by atoms with Crippen molar-refractivity contribution in [2.24, 2.45) is 11.3 Å². The van der Waals surface area contributed by atoms with E-state index in [1.807, 2.05) is 22.9 Å². The highest BCUT2D eigenvalue weighted by Gasteiger charge is 2.45. The summed E-state index contributed by atoms with van der Waals surface area (Å²) in [6, 6.07) is 3.89. The highest BCUT2D eigenvalue weighted by Crippen LogP contribution is 2.47. The number of thiophene rings is 1. The fraction of sp³-hybridized carbons (Fsp3) is 0.500. The van der Waals surface area contributed by atoms with Gasteiger partial charge < -0.3 is 25.6 Å². The Hall–Kier alpha value is -3.94. The van der Waals surface area contributed by atoms with Crippen molar-refractivity contribution in [3.63, 3.8) is 0 Å². The molecule has 3 saturated heterocycles. The van der Waals surface area contributed by atoms with Crippen LogP contribution in [0.5, 0.6) is 6.01 Å². The summed E-state index contributed by atoms with van der Waals surface area (Å²) in [4.78, 5) is 17.1. The lowest BCUT2D eigenvalue weighted by molar-refractivity contribution is -0.137. The van der Waals surface area contributed by atoms with E-state index in [2.05, 4.69) is 20.3 Å². The number of halogens is 6. The van der Waals surface area contributed by atoms with Crippen molar-refractivity contribution in [1.29, 1.82) is 5.26 Å². The number of aromatic nitrogens is 3. The van der Waals surface area contributed by atoms with Crippen LogP contribution in [0, 0.1) is 28.5 Å². The van der Waals surface area contributed by atoms with Gasteiger partial charge in [0.05, 0.1) is 23.1 Å². The van der Waals surface area contributed by atoms with Crippen LogP contribution in [0.1, 0.15) is 37.3 Å². The second-order valence-corrected chi connectivity index (χ2v) is 14.4. The van der Waals surface area contributed by atoms with Gasteiger partial charge in [-0.3, -0.25) is 4.98 Å². The second-order valence-electron chi connectivity index (χ2n) is 13.3. The molecule has 0 saturated carbocycles. The SMILES string of the molecule is CN1CC[C@H](C(F)F)[C@](C)(COc2nc(N3C[C@H]4CC[C@@H](C3)N4)c3cnc(-c4c(C(F)(F)F)ccc5sc(N)c(C#N)c45)c(F)c3n2)C1. The van der Waals surface area contributed by atoms with Crippen LogP contribution in [0.25, 0.3) is 32.2 Å². The number of alkyl halides is 5. The number of pyridine rings is 1. The van der Waals surface area contributed by atoms with Crippen LogP contribution < -0.4 is 20.7 Å². The van der Waals surface area contributed by atoms with Crippen LogP contribution in [0.15, 0.2) is 18.3 Å². The van der Waals surface area contributed by atoms with E-state index in [9.17, 15) is 27.2 Å². The zero-order valence-corrected chi connectivity index (χ0v) is 26.9. The van der Waals surface area contributed by atoms with Crippen molar-refractivity contribution in [1.82, 2.24) is 25.2 Å². The molecule has 0 aliphatic carbocycles. The minimum absolute atomic E-state index is 0.00754. The van der Waals surface area contributed by atoms with Crippen LogP contribution in [0.2, 0.25) is 0 Å². The number of benzene rings is 1. The Morgan fingerprint density at radius 1 is 1.19 bits per heavy atom. The smallest absolute Gasteiger partial charge is 0.417 e. The number of hydrogen-bond acceptors (Lipinski definition) is 10. The lowest BCUT2D eigenvalue weighted by Gasteiger charge is -2.44. The fourth-order valence-electron chi connectivity index (χ4n) is 7.61. The quantitative estimate of drug-likeness (QED) is 0.233. The highest BCUT2D eigenvalue weighted by atomic mass is 32.1. The Morgan fingerprint density at radius 2 is 1.92 bits per heavy atom. The number of piperazine rings is 1. The largest absolute Gasteiger partial charge is 0.463 e. The van der Waals surface area contributed by atoms with E-state index in [4.69, 9.17) is 10.5 Å². The van der Waals surface area contributed by atoms with Gasteiger partial charge in [0.15, 0.2) is 5.82 Å². The van der Waals surface area contributed by atoms with Gasteiger partial charge in [0.2, 0.25) is 6.43 Å². The molecule has 6 heterocycles. The third-order valence-corrected chi connectivity index (χ3v) is 10.9. The molecule has 0 radical (unpaired) electrons. The van der Waals surface area contributed by atoms with Crippen LogP contribution >= 0.6 is 11.3 Å². The summed E-state index contributed by atoms with van der Waals surface area (Å²) in [6.45, 7) is 3.39. The van der Waals surface area contributed by atoms with E-state index in [1.54, 1.807) is 6.92 Å². The number of rotatable bonds is 6.